The van der Waals surface area contributed by atoms with E-state index in [1.54, 1.807) is 0 Å². The van der Waals surface area contributed by atoms with E-state index in [-0.39, 0.29) is 6.04 Å². The SMILES string of the molecule is CCNC(c1ccc(Cl)cc1)c1cc(Br)c(C)s1. The lowest BCUT2D eigenvalue weighted by Crippen LogP contribution is -2.20. The van der Waals surface area contributed by atoms with E-state index in [0.29, 0.717) is 0 Å². The van der Waals surface area contributed by atoms with Gasteiger partial charge < -0.3 is 5.32 Å². The first kappa shape index (κ1) is 14.1. The molecule has 0 bridgehead atoms. The molecule has 0 aliphatic carbocycles. The molecule has 1 atom stereocenters. The summed E-state index contributed by atoms with van der Waals surface area (Å²) in [7, 11) is 0. The smallest absolute Gasteiger partial charge is 0.0671 e. The second-order valence-corrected chi connectivity index (χ2v) is 6.67. The molecule has 1 heterocycles. The van der Waals surface area contributed by atoms with Gasteiger partial charge in [0.15, 0.2) is 0 Å². The lowest BCUT2D eigenvalue weighted by atomic mass is 10.1. The van der Waals surface area contributed by atoms with Gasteiger partial charge in [-0.2, -0.15) is 0 Å². The summed E-state index contributed by atoms with van der Waals surface area (Å²) in [5, 5.41) is 4.30. The summed E-state index contributed by atoms with van der Waals surface area (Å²) in [6.07, 6.45) is 0. The molecule has 1 aromatic carbocycles. The molecule has 1 aromatic heterocycles. The Morgan fingerprint density at radius 2 is 2.00 bits per heavy atom. The van der Waals surface area contributed by atoms with Crippen LogP contribution in [0.25, 0.3) is 0 Å². The number of hydrogen-bond donors (Lipinski definition) is 1. The van der Waals surface area contributed by atoms with Gasteiger partial charge in [-0.3, -0.25) is 0 Å². The van der Waals surface area contributed by atoms with Gasteiger partial charge >= 0.3 is 0 Å². The van der Waals surface area contributed by atoms with E-state index < -0.39 is 0 Å². The fourth-order valence-corrected chi connectivity index (χ4v) is 3.66. The molecule has 1 N–H and O–H groups in total. The van der Waals surface area contributed by atoms with Crippen molar-refractivity contribution < 1.29 is 0 Å². The fraction of sp³-hybridized carbons (Fsp3) is 0.286. The third-order valence-electron chi connectivity index (χ3n) is 2.77. The standard InChI is InChI=1S/C14H15BrClNS/c1-3-17-14(10-4-6-11(16)7-5-10)13-8-12(15)9(2)18-13/h4-8,14,17H,3H2,1-2H3. The second kappa shape index (κ2) is 6.20. The molecule has 4 heteroatoms. The van der Waals surface area contributed by atoms with Crippen LogP contribution in [0.3, 0.4) is 0 Å². The van der Waals surface area contributed by atoms with E-state index in [4.69, 9.17) is 11.6 Å². The highest BCUT2D eigenvalue weighted by molar-refractivity contribution is 9.10. The average molecular weight is 345 g/mol. The topological polar surface area (TPSA) is 12.0 Å². The number of thiophene rings is 1. The van der Waals surface area contributed by atoms with Gasteiger partial charge in [0.2, 0.25) is 0 Å². The van der Waals surface area contributed by atoms with E-state index in [9.17, 15) is 0 Å². The fourth-order valence-electron chi connectivity index (χ4n) is 1.87. The molecule has 0 aliphatic heterocycles. The van der Waals surface area contributed by atoms with Crippen LogP contribution in [0.1, 0.15) is 28.3 Å². The number of halogens is 2. The van der Waals surface area contributed by atoms with Crippen molar-refractivity contribution in [1.82, 2.24) is 5.32 Å². The van der Waals surface area contributed by atoms with Crippen LogP contribution in [-0.2, 0) is 0 Å². The van der Waals surface area contributed by atoms with E-state index in [0.717, 1.165) is 11.6 Å². The lowest BCUT2D eigenvalue weighted by Gasteiger charge is -2.17. The molecule has 1 unspecified atom stereocenters. The van der Waals surface area contributed by atoms with Crippen LogP contribution >= 0.6 is 38.9 Å². The summed E-state index contributed by atoms with van der Waals surface area (Å²) in [4.78, 5) is 2.63. The highest BCUT2D eigenvalue weighted by Gasteiger charge is 2.16. The second-order valence-electron chi connectivity index (χ2n) is 4.10. The molecule has 1 nitrogen and oxygen atoms in total. The first-order valence-electron chi connectivity index (χ1n) is 5.86. The molecule has 0 radical (unpaired) electrons. The normalized spacial score (nSPS) is 12.7. The van der Waals surface area contributed by atoms with E-state index >= 15 is 0 Å². The van der Waals surface area contributed by atoms with Crippen molar-refractivity contribution in [2.75, 3.05) is 6.54 Å². The first-order valence-corrected chi connectivity index (χ1v) is 7.85. The van der Waals surface area contributed by atoms with Crippen molar-refractivity contribution in [2.45, 2.75) is 19.9 Å². The van der Waals surface area contributed by atoms with Gasteiger partial charge in [0.25, 0.3) is 0 Å². The van der Waals surface area contributed by atoms with Gasteiger partial charge in [-0.05, 0) is 53.2 Å². The Morgan fingerprint density at radius 3 is 2.50 bits per heavy atom. The van der Waals surface area contributed by atoms with Crippen LogP contribution in [0, 0.1) is 6.92 Å². The van der Waals surface area contributed by atoms with E-state index in [2.05, 4.69) is 53.3 Å². The van der Waals surface area contributed by atoms with Crippen molar-refractivity contribution >= 4 is 38.9 Å². The number of nitrogens with one attached hydrogen (secondary N) is 1. The van der Waals surface area contributed by atoms with Gasteiger partial charge in [0, 0.05) is 19.2 Å². The zero-order valence-corrected chi connectivity index (χ0v) is 13.5. The van der Waals surface area contributed by atoms with Gasteiger partial charge in [-0.25, -0.2) is 0 Å². The number of aryl methyl sites for hydroxylation is 1. The molecule has 18 heavy (non-hydrogen) atoms. The molecule has 96 valence electrons. The largest absolute Gasteiger partial charge is 0.306 e. The zero-order chi connectivity index (χ0) is 13.1. The summed E-state index contributed by atoms with van der Waals surface area (Å²) in [6.45, 7) is 5.18. The zero-order valence-electron chi connectivity index (χ0n) is 10.3. The number of rotatable bonds is 4. The monoisotopic (exact) mass is 343 g/mol. The van der Waals surface area contributed by atoms with Crippen molar-refractivity contribution in [3.63, 3.8) is 0 Å². The Labute approximate surface area is 125 Å². The average Bonchev–Trinajstić information content (AvgIpc) is 2.68. The van der Waals surface area contributed by atoms with Crippen molar-refractivity contribution in [3.8, 4) is 0 Å². The maximum absolute atomic E-state index is 5.94. The highest BCUT2D eigenvalue weighted by atomic mass is 79.9. The number of benzene rings is 1. The van der Waals surface area contributed by atoms with Crippen LogP contribution < -0.4 is 5.32 Å². The number of hydrogen-bond acceptors (Lipinski definition) is 2. The Morgan fingerprint density at radius 1 is 1.33 bits per heavy atom. The molecule has 2 rings (SSSR count). The van der Waals surface area contributed by atoms with Crippen LogP contribution in [0.15, 0.2) is 34.8 Å². The van der Waals surface area contributed by atoms with E-state index in [1.807, 2.05) is 23.5 Å². The van der Waals surface area contributed by atoms with Gasteiger partial charge in [-0.1, -0.05) is 30.7 Å². The molecular formula is C14H15BrClNS. The summed E-state index contributed by atoms with van der Waals surface area (Å²) >= 11 is 11.3. The first-order chi connectivity index (χ1) is 8.61. The Balaban J connectivity index is 2.36. The molecular weight excluding hydrogens is 330 g/mol. The highest BCUT2D eigenvalue weighted by Crippen LogP contribution is 2.34. The summed E-state index contributed by atoms with van der Waals surface area (Å²) < 4.78 is 1.18. The van der Waals surface area contributed by atoms with E-state index in [1.165, 1.54) is 19.8 Å². The Kier molecular flexibility index (Phi) is 4.84. The van der Waals surface area contributed by atoms with Gasteiger partial charge in [0.1, 0.15) is 0 Å². The lowest BCUT2D eigenvalue weighted by molar-refractivity contribution is 0.639. The molecule has 0 saturated carbocycles. The Hall–Kier alpha value is -0.350. The summed E-state index contributed by atoms with van der Waals surface area (Å²) in [5.41, 5.74) is 1.25. The minimum Gasteiger partial charge on any atom is -0.306 e. The van der Waals surface area contributed by atoms with Crippen molar-refractivity contribution in [1.29, 1.82) is 0 Å². The minimum atomic E-state index is 0.238. The van der Waals surface area contributed by atoms with Crippen molar-refractivity contribution in [3.05, 3.63) is 55.1 Å². The van der Waals surface area contributed by atoms with Crippen LogP contribution in [-0.4, -0.2) is 6.54 Å². The molecule has 0 aliphatic rings. The molecule has 0 amide bonds. The quantitative estimate of drug-likeness (QED) is 0.806. The minimum absolute atomic E-state index is 0.238. The summed E-state index contributed by atoms with van der Waals surface area (Å²) in [5.74, 6) is 0. The van der Waals surface area contributed by atoms with Crippen molar-refractivity contribution in [2.24, 2.45) is 0 Å². The predicted molar refractivity (Wildman–Crippen MR) is 83.7 cm³/mol. The van der Waals surface area contributed by atoms with Crippen LogP contribution in [0.2, 0.25) is 5.02 Å². The third kappa shape index (κ3) is 3.15. The third-order valence-corrected chi connectivity index (χ3v) is 5.23. The maximum atomic E-state index is 5.94. The molecule has 0 fully saturated rings. The van der Waals surface area contributed by atoms with Gasteiger partial charge in [0.05, 0.1) is 6.04 Å². The molecule has 0 saturated heterocycles. The molecule has 2 aromatic rings. The maximum Gasteiger partial charge on any atom is 0.0671 e. The summed E-state index contributed by atoms with van der Waals surface area (Å²) in [6, 6.07) is 10.5. The predicted octanol–water partition coefficient (Wildman–Crippen LogP) is 5.17. The van der Waals surface area contributed by atoms with Crippen LogP contribution in [0.4, 0.5) is 0 Å². The van der Waals surface area contributed by atoms with Crippen LogP contribution in [0.5, 0.6) is 0 Å². The Bertz CT molecular complexity index is 502. The van der Waals surface area contributed by atoms with Gasteiger partial charge in [-0.15, -0.1) is 11.3 Å². The molecule has 0 spiro atoms.